The highest BCUT2D eigenvalue weighted by Gasteiger charge is 2.78. The molecule has 4 aromatic rings. The number of aliphatic hydroxyl groups is 1. The van der Waals surface area contributed by atoms with Crippen LogP contribution in [0.1, 0.15) is 34.5 Å². The van der Waals surface area contributed by atoms with Crippen LogP contribution in [0.15, 0.2) is 60.8 Å². The summed E-state index contributed by atoms with van der Waals surface area (Å²) in [5, 5.41) is 12.4. The summed E-state index contributed by atoms with van der Waals surface area (Å²) in [6.45, 7) is -0.562. The number of aromatic nitrogens is 2. The lowest BCUT2D eigenvalue weighted by Gasteiger charge is -2.28. The largest absolute Gasteiger partial charge is 0.497 e. The summed E-state index contributed by atoms with van der Waals surface area (Å²) in [7, 11) is 2.17. The lowest BCUT2D eigenvalue weighted by molar-refractivity contribution is -0.191. The van der Waals surface area contributed by atoms with Gasteiger partial charge in [-0.2, -0.15) is 13.2 Å². The Morgan fingerprint density at radius 3 is 2.65 bits per heavy atom. The smallest absolute Gasteiger partial charge is 0.394 e. The second kappa shape index (κ2) is 9.65. The van der Waals surface area contributed by atoms with Crippen LogP contribution in [-0.2, 0) is 15.8 Å². The zero-order valence-corrected chi connectivity index (χ0v) is 22.6. The number of pyridine rings is 2. The Balaban J connectivity index is 1.24. The first kappa shape index (κ1) is 27.6. The van der Waals surface area contributed by atoms with Gasteiger partial charge < -0.3 is 24.6 Å². The van der Waals surface area contributed by atoms with Crippen LogP contribution in [0.3, 0.4) is 0 Å². The number of alkyl halides is 3. The Morgan fingerprint density at radius 1 is 1.19 bits per heavy atom. The summed E-state index contributed by atoms with van der Waals surface area (Å²) in [4.78, 5) is 22.1. The monoisotopic (exact) mass is 592 g/mol. The van der Waals surface area contributed by atoms with E-state index in [9.17, 15) is 27.5 Å². The molecule has 1 saturated heterocycles. The maximum Gasteiger partial charge on any atom is 0.394 e. The van der Waals surface area contributed by atoms with E-state index < -0.39 is 41.6 Å². The van der Waals surface area contributed by atoms with Gasteiger partial charge in [-0.3, -0.25) is 9.78 Å². The van der Waals surface area contributed by atoms with Gasteiger partial charge >= 0.3 is 6.18 Å². The predicted molar refractivity (Wildman–Crippen MR) is 146 cm³/mol. The zero-order chi connectivity index (χ0) is 30.1. The maximum absolute atomic E-state index is 14.3. The van der Waals surface area contributed by atoms with E-state index in [4.69, 9.17) is 14.2 Å². The van der Waals surface area contributed by atoms with Gasteiger partial charge in [-0.1, -0.05) is 6.07 Å². The minimum atomic E-state index is -4.69. The van der Waals surface area contributed by atoms with Gasteiger partial charge in [0.15, 0.2) is 7.28 Å². The quantitative estimate of drug-likeness (QED) is 0.178. The van der Waals surface area contributed by atoms with Gasteiger partial charge in [0.05, 0.1) is 24.0 Å². The van der Waals surface area contributed by atoms with E-state index in [-0.39, 0.29) is 39.9 Å². The third-order valence-corrected chi connectivity index (χ3v) is 7.98. The van der Waals surface area contributed by atoms with Crippen molar-refractivity contribution in [2.24, 2.45) is 0 Å². The number of amides is 1. The van der Waals surface area contributed by atoms with Gasteiger partial charge in [0.25, 0.3) is 5.91 Å². The molecule has 2 fully saturated rings. The fourth-order valence-corrected chi connectivity index (χ4v) is 5.37. The summed E-state index contributed by atoms with van der Waals surface area (Å²) in [6.07, 6.45) is -1.21. The highest BCUT2D eigenvalue weighted by atomic mass is 19.4. The van der Waals surface area contributed by atoms with Crippen molar-refractivity contribution in [2.75, 3.05) is 13.7 Å². The average molecular weight is 592 g/mol. The van der Waals surface area contributed by atoms with Gasteiger partial charge in [-0.15, -0.1) is 0 Å². The minimum absolute atomic E-state index is 0.0255. The number of nitrogens with one attached hydrogen (secondary N) is 1. The molecule has 0 bridgehead atoms. The van der Waals surface area contributed by atoms with E-state index in [1.54, 1.807) is 30.5 Å². The van der Waals surface area contributed by atoms with Crippen molar-refractivity contribution in [3.05, 3.63) is 83.4 Å². The Bertz CT molecular complexity index is 1770. The first-order chi connectivity index (χ1) is 20.5. The van der Waals surface area contributed by atoms with Crippen LogP contribution in [0.25, 0.3) is 22.2 Å². The van der Waals surface area contributed by atoms with Crippen molar-refractivity contribution < 1.29 is 41.7 Å². The van der Waals surface area contributed by atoms with E-state index >= 15 is 0 Å². The molecule has 43 heavy (non-hydrogen) atoms. The highest BCUT2D eigenvalue weighted by Crippen LogP contribution is 2.62. The van der Waals surface area contributed by atoms with Crippen LogP contribution >= 0.6 is 0 Å². The number of hydrogen-bond donors (Lipinski definition) is 2. The molecule has 2 unspecified atom stereocenters. The second-order valence-corrected chi connectivity index (χ2v) is 10.8. The highest BCUT2D eigenvalue weighted by molar-refractivity contribution is 6.58. The van der Waals surface area contributed by atoms with Gasteiger partial charge in [0, 0.05) is 35.4 Å². The van der Waals surface area contributed by atoms with E-state index in [0.29, 0.717) is 16.7 Å². The first-order valence-corrected chi connectivity index (χ1v) is 13.5. The number of rotatable bonds is 8. The molecule has 7 rings (SSSR count). The summed E-state index contributed by atoms with van der Waals surface area (Å²) in [5.74, 6) is -3.15. The summed E-state index contributed by atoms with van der Waals surface area (Å²) in [5.41, 5.74) is 0.535. The number of ether oxygens (including phenoxy) is 3. The van der Waals surface area contributed by atoms with Crippen LogP contribution in [-0.4, -0.2) is 60.2 Å². The molecular weight excluding hydrogens is 569 g/mol. The van der Waals surface area contributed by atoms with Crippen LogP contribution in [0.5, 0.6) is 11.5 Å². The molecule has 3 aliphatic rings. The van der Waals surface area contributed by atoms with Crippen LogP contribution < -0.4 is 14.8 Å². The zero-order valence-electron chi connectivity index (χ0n) is 22.6. The number of carbonyl (C=O) groups is 1. The molecule has 8 nitrogen and oxygen atoms in total. The normalized spacial score (nSPS) is 21.7. The number of methoxy groups -OCH3 is 1. The SMILES string of the molecule is COC(O)(CNC(=O)c1cc(OC2CC2)c2ncccc2c1)c1cc2c(c(-c3ccc(F)cc3)n1)OC1[B][C@@]21C(F)(F)F. The number of nitrogens with zero attached hydrogens (tertiary/aromatic N) is 2. The molecule has 4 heterocycles. The van der Waals surface area contributed by atoms with Crippen molar-refractivity contribution in [1.82, 2.24) is 15.3 Å². The second-order valence-electron chi connectivity index (χ2n) is 10.8. The lowest BCUT2D eigenvalue weighted by Crippen LogP contribution is -2.43. The third kappa shape index (κ3) is 4.58. The molecule has 1 radical (unpaired) electrons. The summed E-state index contributed by atoms with van der Waals surface area (Å²) < 4.78 is 73.5. The number of halogens is 4. The lowest BCUT2D eigenvalue weighted by atomic mass is 9.79. The number of fused-ring (bicyclic) bond motifs is 4. The molecule has 2 N–H and O–H groups in total. The van der Waals surface area contributed by atoms with Crippen LogP contribution in [0.4, 0.5) is 17.6 Å². The maximum atomic E-state index is 14.3. The molecule has 1 amide bonds. The first-order valence-electron chi connectivity index (χ1n) is 13.5. The molecule has 219 valence electrons. The van der Waals surface area contributed by atoms with Crippen LogP contribution in [0.2, 0.25) is 0 Å². The van der Waals surface area contributed by atoms with E-state index in [2.05, 4.69) is 15.3 Å². The predicted octanol–water partition coefficient (Wildman–Crippen LogP) is 4.39. The summed E-state index contributed by atoms with van der Waals surface area (Å²) >= 11 is 0. The molecule has 2 aromatic carbocycles. The van der Waals surface area contributed by atoms with Crippen molar-refractivity contribution in [3.8, 4) is 22.8 Å². The van der Waals surface area contributed by atoms with Gasteiger partial charge in [0.1, 0.15) is 34.2 Å². The van der Waals surface area contributed by atoms with Gasteiger partial charge in [-0.05, 0) is 61.4 Å². The van der Waals surface area contributed by atoms with E-state index in [0.717, 1.165) is 45.4 Å². The molecular formula is C30H23BF4N3O5. The molecule has 0 spiro atoms. The fourth-order valence-electron chi connectivity index (χ4n) is 5.37. The standard InChI is InChI=1S/C30H23BF4N3O5/c1-41-28(40,14-37-26(39)17-11-16-3-2-10-36-23(16)21(12-17)42-19-8-9-19)22-13-20-25(43-27-29(20,31-27)30(33,34)35)24(38-22)15-4-6-18(32)7-5-15/h2-7,10-13,19,27,40H,8-9,14H2,1H3,(H,37,39)/t27?,28?,29-/m0/s1. The van der Waals surface area contributed by atoms with Crippen molar-refractivity contribution in [3.63, 3.8) is 0 Å². The average Bonchev–Trinajstić information content (AvgIpc) is 3.92. The number of hydrogen-bond acceptors (Lipinski definition) is 7. The summed E-state index contributed by atoms with van der Waals surface area (Å²) in [6, 6.07) is 11.5. The van der Waals surface area contributed by atoms with Crippen molar-refractivity contribution in [2.45, 2.75) is 42.2 Å². The Kier molecular flexibility index (Phi) is 6.19. The topological polar surface area (TPSA) is 103 Å². The van der Waals surface area contributed by atoms with Crippen molar-refractivity contribution >= 4 is 24.1 Å². The van der Waals surface area contributed by atoms with E-state index in [1.165, 1.54) is 12.1 Å². The Hall–Kier alpha value is -4.23. The molecule has 2 aromatic heterocycles. The molecule has 1 aliphatic carbocycles. The molecule has 13 heteroatoms. The minimum Gasteiger partial charge on any atom is -0.497 e. The van der Waals surface area contributed by atoms with Crippen LogP contribution in [0, 0.1) is 5.82 Å². The Labute approximate surface area is 243 Å². The number of benzene rings is 2. The van der Waals surface area contributed by atoms with E-state index in [1.807, 2.05) is 0 Å². The third-order valence-electron chi connectivity index (χ3n) is 7.98. The molecule has 1 saturated carbocycles. The Morgan fingerprint density at radius 2 is 1.95 bits per heavy atom. The van der Waals surface area contributed by atoms with Gasteiger partial charge in [-0.25, -0.2) is 9.37 Å². The molecule has 3 atom stereocenters. The van der Waals surface area contributed by atoms with Crippen molar-refractivity contribution in [1.29, 1.82) is 0 Å². The van der Waals surface area contributed by atoms with Gasteiger partial charge in [0.2, 0.25) is 5.79 Å². The number of carbonyl (C=O) groups excluding carboxylic acids is 1. The molecule has 2 aliphatic heterocycles. The fraction of sp³-hybridized carbons (Fsp3) is 0.300.